The first-order valence-electron chi connectivity index (χ1n) is 10.0. The van der Waals surface area contributed by atoms with Gasteiger partial charge in [0.25, 0.3) is 0 Å². The van der Waals surface area contributed by atoms with E-state index < -0.39 is 0 Å². The predicted octanol–water partition coefficient (Wildman–Crippen LogP) is 0.814. The van der Waals surface area contributed by atoms with E-state index in [1.54, 1.807) is 0 Å². The molecule has 6 heteroatoms. The number of ether oxygens (including phenoxy) is 1. The Morgan fingerprint density at radius 1 is 1.16 bits per heavy atom. The molecule has 1 aliphatic carbocycles. The molecule has 4 rings (SSSR count). The molecule has 0 aromatic heterocycles. The molecule has 0 unspecified atom stereocenters. The zero-order valence-electron chi connectivity index (χ0n) is 15.4. The minimum atomic E-state index is -0.118. The minimum absolute atomic E-state index is 0.118. The molecule has 1 saturated carbocycles. The minimum Gasteiger partial charge on any atom is -0.379 e. The van der Waals surface area contributed by atoms with Gasteiger partial charge in [0.2, 0.25) is 11.8 Å². The van der Waals surface area contributed by atoms with Gasteiger partial charge in [-0.3, -0.25) is 14.5 Å². The Kier molecular flexibility index (Phi) is 5.00. The number of morpholine rings is 1. The van der Waals surface area contributed by atoms with Gasteiger partial charge in [0.15, 0.2) is 0 Å². The number of rotatable bonds is 5. The molecule has 0 aromatic rings. The average Bonchev–Trinajstić information content (AvgIpc) is 3.22. The second-order valence-electron chi connectivity index (χ2n) is 8.27. The van der Waals surface area contributed by atoms with Gasteiger partial charge in [-0.1, -0.05) is 13.3 Å². The van der Waals surface area contributed by atoms with Crippen LogP contribution in [-0.4, -0.2) is 85.0 Å². The largest absolute Gasteiger partial charge is 0.379 e. The summed E-state index contributed by atoms with van der Waals surface area (Å²) in [6.45, 7) is 8.96. The van der Waals surface area contributed by atoms with Crippen molar-refractivity contribution in [3.05, 3.63) is 0 Å². The molecule has 3 heterocycles. The van der Waals surface area contributed by atoms with Crippen LogP contribution in [0.15, 0.2) is 0 Å². The summed E-state index contributed by atoms with van der Waals surface area (Å²) in [4.78, 5) is 31.8. The summed E-state index contributed by atoms with van der Waals surface area (Å²) in [6.07, 6.45) is 4.01. The van der Waals surface area contributed by atoms with E-state index in [0.29, 0.717) is 30.8 Å². The van der Waals surface area contributed by atoms with Crippen LogP contribution in [0.25, 0.3) is 0 Å². The molecule has 140 valence electrons. The highest BCUT2D eigenvalue weighted by Crippen LogP contribution is 2.33. The fraction of sp³-hybridized carbons (Fsp3) is 0.895. The van der Waals surface area contributed by atoms with Crippen molar-refractivity contribution < 1.29 is 14.3 Å². The summed E-state index contributed by atoms with van der Waals surface area (Å²) in [5.74, 6) is 1.51. The Morgan fingerprint density at radius 2 is 1.92 bits per heavy atom. The third-order valence-electron chi connectivity index (χ3n) is 6.50. The fourth-order valence-electron chi connectivity index (χ4n) is 4.74. The zero-order chi connectivity index (χ0) is 17.4. The van der Waals surface area contributed by atoms with Gasteiger partial charge < -0.3 is 14.5 Å². The Hall–Kier alpha value is -1.14. The van der Waals surface area contributed by atoms with E-state index in [1.807, 2.05) is 9.80 Å². The molecule has 25 heavy (non-hydrogen) atoms. The van der Waals surface area contributed by atoms with Gasteiger partial charge in [0.05, 0.1) is 19.1 Å². The first kappa shape index (κ1) is 17.3. The second kappa shape index (κ2) is 7.23. The lowest BCUT2D eigenvalue weighted by Crippen LogP contribution is -2.47. The van der Waals surface area contributed by atoms with Crippen LogP contribution in [0.1, 0.15) is 32.6 Å². The van der Waals surface area contributed by atoms with Crippen LogP contribution < -0.4 is 0 Å². The summed E-state index contributed by atoms with van der Waals surface area (Å²) in [7, 11) is 0. The summed E-state index contributed by atoms with van der Waals surface area (Å²) >= 11 is 0. The van der Waals surface area contributed by atoms with Crippen molar-refractivity contribution in [1.29, 1.82) is 0 Å². The molecule has 3 atom stereocenters. The summed E-state index contributed by atoms with van der Waals surface area (Å²) in [6, 6.07) is 0.456. The number of hydrogen-bond acceptors (Lipinski definition) is 4. The summed E-state index contributed by atoms with van der Waals surface area (Å²) in [5.41, 5.74) is 0. The highest BCUT2D eigenvalue weighted by Gasteiger charge is 2.43. The predicted molar refractivity (Wildman–Crippen MR) is 94.0 cm³/mol. The van der Waals surface area contributed by atoms with Crippen molar-refractivity contribution in [2.24, 2.45) is 17.8 Å². The third kappa shape index (κ3) is 3.70. The molecule has 4 fully saturated rings. The van der Waals surface area contributed by atoms with E-state index in [4.69, 9.17) is 4.74 Å². The van der Waals surface area contributed by atoms with E-state index in [2.05, 4.69) is 11.8 Å². The van der Waals surface area contributed by atoms with Gasteiger partial charge >= 0.3 is 0 Å². The van der Waals surface area contributed by atoms with E-state index in [-0.39, 0.29) is 17.7 Å². The van der Waals surface area contributed by atoms with Gasteiger partial charge in [0, 0.05) is 51.7 Å². The molecule has 3 saturated heterocycles. The lowest BCUT2D eigenvalue weighted by atomic mass is 9.99. The van der Waals surface area contributed by atoms with Gasteiger partial charge in [-0.05, 0) is 24.7 Å². The number of carbonyl (C=O) groups excluding carboxylic acids is 2. The monoisotopic (exact) mass is 349 g/mol. The summed E-state index contributed by atoms with van der Waals surface area (Å²) < 4.78 is 5.48. The average molecular weight is 349 g/mol. The topological polar surface area (TPSA) is 53.1 Å². The molecule has 0 spiro atoms. The molecule has 4 aliphatic rings. The van der Waals surface area contributed by atoms with Crippen LogP contribution in [0.3, 0.4) is 0 Å². The van der Waals surface area contributed by atoms with Crippen LogP contribution in [0, 0.1) is 17.8 Å². The van der Waals surface area contributed by atoms with Crippen LogP contribution in [0.5, 0.6) is 0 Å². The number of nitrogens with zero attached hydrogens (tertiary/aromatic N) is 3. The normalized spacial score (nSPS) is 34.1. The Balaban J connectivity index is 1.36. The number of carbonyl (C=O) groups is 2. The Bertz CT molecular complexity index is 516. The third-order valence-corrected chi connectivity index (χ3v) is 6.50. The molecule has 0 radical (unpaired) electrons. The first-order valence-corrected chi connectivity index (χ1v) is 10.0. The van der Waals surface area contributed by atoms with Crippen molar-refractivity contribution in [2.75, 3.05) is 52.5 Å². The van der Waals surface area contributed by atoms with Gasteiger partial charge in [0.1, 0.15) is 0 Å². The van der Waals surface area contributed by atoms with Crippen LogP contribution >= 0.6 is 0 Å². The van der Waals surface area contributed by atoms with Crippen molar-refractivity contribution in [3.8, 4) is 0 Å². The van der Waals surface area contributed by atoms with Crippen molar-refractivity contribution in [1.82, 2.24) is 14.7 Å². The molecule has 0 N–H and O–H groups in total. The first-order chi connectivity index (χ1) is 12.2. The maximum Gasteiger partial charge on any atom is 0.228 e. The maximum atomic E-state index is 13.0. The Morgan fingerprint density at radius 3 is 2.60 bits per heavy atom. The zero-order valence-corrected chi connectivity index (χ0v) is 15.4. The maximum absolute atomic E-state index is 13.0. The molecule has 6 nitrogen and oxygen atoms in total. The van der Waals surface area contributed by atoms with Crippen LogP contribution in [0.4, 0.5) is 0 Å². The molecule has 3 aliphatic heterocycles. The molecular weight excluding hydrogens is 318 g/mol. The van der Waals surface area contributed by atoms with Crippen LogP contribution in [0.2, 0.25) is 0 Å². The van der Waals surface area contributed by atoms with E-state index >= 15 is 0 Å². The van der Waals surface area contributed by atoms with Crippen molar-refractivity contribution in [3.63, 3.8) is 0 Å². The van der Waals surface area contributed by atoms with Gasteiger partial charge in [-0.15, -0.1) is 0 Å². The highest BCUT2D eigenvalue weighted by molar-refractivity contribution is 5.89. The standard InChI is InChI=1S/C19H31N3O3/c1-2-15-11-22(13-17(15)20-5-7-25-8-6-20)19(24)16-9-18(23)21(12-16)10-14-3-4-14/h14-17H,2-13H2,1H3/t15-,16-,17-/m1/s1. The Labute approximate surface area is 150 Å². The van der Waals surface area contributed by atoms with E-state index in [1.165, 1.54) is 12.8 Å². The van der Waals surface area contributed by atoms with Gasteiger partial charge in [-0.25, -0.2) is 0 Å². The van der Waals surface area contributed by atoms with Gasteiger partial charge in [-0.2, -0.15) is 0 Å². The second-order valence-corrected chi connectivity index (χ2v) is 8.27. The molecular formula is C19H31N3O3. The fourth-order valence-corrected chi connectivity index (χ4v) is 4.74. The quantitative estimate of drug-likeness (QED) is 0.737. The number of amides is 2. The number of likely N-dealkylation sites (tertiary alicyclic amines) is 2. The van der Waals surface area contributed by atoms with Crippen molar-refractivity contribution >= 4 is 11.8 Å². The lowest BCUT2D eigenvalue weighted by molar-refractivity contribution is -0.135. The smallest absolute Gasteiger partial charge is 0.228 e. The molecule has 0 bridgehead atoms. The molecule has 2 amide bonds. The molecule has 0 aromatic carbocycles. The number of hydrogen-bond donors (Lipinski definition) is 0. The highest BCUT2D eigenvalue weighted by atomic mass is 16.5. The SMILES string of the molecule is CC[C@@H]1CN(C(=O)[C@@H]2CC(=O)N(CC3CC3)C2)C[C@H]1N1CCOCC1. The van der Waals surface area contributed by atoms with Crippen LogP contribution in [-0.2, 0) is 14.3 Å². The van der Waals surface area contributed by atoms with E-state index in [9.17, 15) is 9.59 Å². The lowest BCUT2D eigenvalue weighted by Gasteiger charge is -2.34. The summed E-state index contributed by atoms with van der Waals surface area (Å²) in [5, 5.41) is 0. The van der Waals surface area contributed by atoms with Crippen molar-refractivity contribution in [2.45, 2.75) is 38.6 Å². The van der Waals surface area contributed by atoms with E-state index in [0.717, 1.165) is 52.4 Å².